The number of aromatic carboxylic acids is 1. The molecule has 0 fully saturated rings. The van der Waals surface area contributed by atoms with Gasteiger partial charge in [-0.3, -0.25) is 9.59 Å². The van der Waals surface area contributed by atoms with E-state index in [0.29, 0.717) is 18.7 Å². The number of hydrogen-bond donors (Lipinski definition) is 3. The molecule has 0 atom stereocenters. The summed E-state index contributed by atoms with van der Waals surface area (Å²) in [6.07, 6.45) is 0. The third-order valence-corrected chi connectivity index (χ3v) is 2.62. The number of rotatable bonds is 7. The molecule has 21 heavy (non-hydrogen) atoms. The maximum atomic E-state index is 11.9. The molecule has 3 N–H and O–H groups in total. The molecule has 1 rings (SSSR count). The minimum absolute atomic E-state index is 0.0321. The highest BCUT2D eigenvalue weighted by atomic mass is 16.5. The van der Waals surface area contributed by atoms with Crippen molar-refractivity contribution in [3.8, 4) is 0 Å². The fourth-order valence-corrected chi connectivity index (χ4v) is 1.66. The van der Waals surface area contributed by atoms with Crippen molar-refractivity contribution in [2.75, 3.05) is 26.8 Å². The summed E-state index contributed by atoms with van der Waals surface area (Å²) in [5.74, 6) is -1.94. The van der Waals surface area contributed by atoms with Crippen molar-refractivity contribution in [2.45, 2.75) is 6.92 Å². The zero-order chi connectivity index (χ0) is 15.8. The Bertz CT molecular complexity index is 542. The largest absolute Gasteiger partial charge is 0.478 e. The van der Waals surface area contributed by atoms with E-state index in [9.17, 15) is 14.4 Å². The summed E-state index contributed by atoms with van der Waals surface area (Å²) >= 11 is 0. The number of carboxylic acid groups (broad SMARTS) is 1. The summed E-state index contributed by atoms with van der Waals surface area (Å²) in [7, 11) is 1.52. The fraction of sp³-hybridized carbons (Fsp3) is 0.357. The predicted molar refractivity (Wildman–Crippen MR) is 75.4 cm³/mol. The number of carbonyl (C=O) groups excluding carboxylic acids is 2. The fourth-order valence-electron chi connectivity index (χ4n) is 1.66. The Balaban J connectivity index is 2.60. The molecule has 0 unspecified atom stereocenters. The number of benzene rings is 1. The molecule has 0 spiro atoms. The maximum Gasteiger partial charge on any atom is 0.335 e. The lowest BCUT2D eigenvalue weighted by molar-refractivity contribution is -0.120. The van der Waals surface area contributed by atoms with Crippen molar-refractivity contribution in [1.29, 1.82) is 0 Å². The summed E-state index contributed by atoms with van der Waals surface area (Å²) < 4.78 is 4.78. The molecule has 0 heterocycles. The number of amides is 2. The molecule has 7 nitrogen and oxygen atoms in total. The van der Waals surface area contributed by atoms with Crippen molar-refractivity contribution in [3.05, 3.63) is 34.9 Å². The number of hydrogen-bond acceptors (Lipinski definition) is 4. The summed E-state index contributed by atoms with van der Waals surface area (Å²) in [6.45, 7) is 2.26. The smallest absolute Gasteiger partial charge is 0.335 e. The van der Waals surface area contributed by atoms with Gasteiger partial charge in [0.15, 0.2) is 0 Å². The molecule has 0 aromatic heterocycles. The Kier molecular flexibility index (Phi) is 6.35. The van der Waals surface area contributed by atoms with E-state index in [4.69, 9.17) is 9.84 Å². The summed E-state index contributed by atoms with van der Waals surface area (Å²) in [5.41, 5.74) is 0.895. The van der Waals surface area contributed by atoms with E-state index in [1.54, 1.807) is 13.0 Å². The van der Waals surface area contributed by atoms with E-state index in [1.165, 1.54) is 19.2 Å². The van der Waals surface area contributed by atoms with Crippen LogP contribution in [0.2, 0.25) is 0 Å². The zero-order valence-corrected chi connectivity index (χ0v) is 11.9. The van der Waals surface area contributed by atoms with Crippen LogP contribution in [0.5, 0.6) is 0 Å². The van der Waals surface area contributed by atoms with E-state index < -0.39 is 11.9 Å². The highest BCUT2D eigenvalue weighted by molar-refractivity contribution is 5.99. The molecular formula is C14H18N2O5. The van der Waals surface area contributed by atoms with Crippen LogP contribution in [0, 0.1) is 6.92 Å². The summed E-state index contributed by atoms with van der Waals surface area (Å²) in [6, 6.07) is 4.30. The molecule has 114 valence electrons. The van der Waals surface area contributed by atoms with Gasteiger partial charge in [0.2, 0.25) is 5.91 Å². The minimum Gasteiger partial charge on any atom is -0.478 e. The van der Waals surface area contributed by atoms with Crippen LogP contribution in [0.3, 0.4) is 0 Å². The second-order valence-electron chi connectivity index (χ2n) is 4.42. The standard InChI is InChI=1S/C14H18N2O5/c1-9-5-10(7-11(6-9)14(19)20)13(18)16-8-12(17)15-3-4-21-2/h5-7H,3-4,8H2,1-2H3,(H,15,17)(H,16,18)(H,19,20). The Morgan fingerprint density at radius 2 is 1.81 bits per heavy atom. The number of methoxy groups -OCH3 is 1. The van der Waals surface area contributed by atoms with Gasteiger partial charge >= 0.3 is 5.97 Å². The zero-order valence-electron chi connectivity index (χ0n) is 11.9. The first-order chi connectivity index (χ1) is 9.93. The van der Waals surface area contributed by atoms with Crippen LogP contribution in [0.4, 0.5) is 0 Å². The molecule has 0 aliphatic heterocycles. The van der Waals surface area contributed by atoms with Crippen LogP contribution in [0.25, 0.3) is 0 Å². The second-order valence-corrected chi connectivity index (χ2v) is 4.42. The van der Waals surface area contributed by atoms with E-state index in [0.717, 1.165) is 0 Å². The first-order valence-electron chi connectivity index (χ1n) is 6.33. The van der Waals surface area contributed by atoms with Crippen LogP contribution < -0.4 is 10.6 Å². The van der Waals surface area contributed by atoms with Crippen molar-refractivity contribution >= 4 is 17.8 Å². The monoisotopic (exact) mass is 294 g/mol. The number of ether oxygens (including phenoxy) is 1. The van der Waals surface area contributed by atoms with Crippen molar-refractivity contribution < 1.29 is 24.2 Å². The molecule has 0 radical (unpaired) electrons. The maximum absolute atomic E-state index is 11.9. The van der Waals surface area contributed by atoms with Gasteiger partial charge in [0.05, 0.1) is 18.7 Å². The first kappa shape index (κ1) is 16.6. The molecule has 0 aliphatic rings. The molecule has 0 bridgehead atoms. The molecule has 0 saturated carbocycles. The third kappa shape index (κ3) is 5.62. The summed E-state index contributed by atoms with van der Waals surface area (Å²) in [4.78, 5) is 34.3. The lowest BCUT2D eigenvalue weighted by Gasteiger charge is -2.08. The SMILES string of the molecule is COCCNC(=O)CNC(=O)c1cc(C)cc(C(=O)O)c1. The van der Waals surface area contributed by atoms with Crippen LogP contribution in [-0.4, -0.2) is 49.7 Å². The van der Waals surface area contributed by atoms with Gasteiger partial charge in [0, 0.05) is 19.2 Å². The summed E-state index contributed by atoms with van der Waals surface area (Å²) in [5, 5.41) is 13.9. The quantitative estimate of drug-likeness (QED) is 0.622. The predicted octanol–water partition coefficient (Wildman–Crippen LogP) is 0.186. The number of carbonyl (C=O) groups is 3. The Hall–Kier alpha value is -2.41. The Morgan fingerprint density at radius 3 is 2.43 bits per heavy atom. The first-order valence-corrected chi connectivity index (χ1v) is 6.33. The normalized spacial score (nSPS) is 10.0. The van der Waals surface area contributed by atoms with Gasteiger partial charge in [-0.25, -0.2) is 4.79 Å². The number of nitrogens with one attached hydrogen (secondary N) is 2. The lowest BCUT2D eigenvalue weighted by atomic mass is 10.1. The highest BCUT2D eigenvalue weighted by Gasteiger charge is 2.12. The van der Waals surface area contributed by atoms with E-state index in [2.05, 4.69) is 10.6 Å². The van der Waals surface area contributed by atoms with Gasteiger partial charge in [0.1, 0.15) is 0 Å². The molecule has 0 saturated heterocycles. The molecular weight excluding hydrogens is 276 g/mol. The number of aryl methyl sites for hydroxylation is 1. The molecule has 2 amide bonds. The topological polar surface area (TPSA) is 105 Å². The average Bonchev–Trinajstić information content (AvgIpc) is 2.44. The number of carboxylic acids is 1. The minimum atomic E-state index is -1.11. The van der Waals surface area contributed by atoms with Crippen molar-refractivity contribution in [3.63, 3.8) is 0 Å². The Morgan fingerprint density at radius 1 is 1.14 bits per heavy atom. The molecule has 1 aromatic rings. The molecule has 1 aromatic carbocycles. The van der Waals surface area contributed by atoms with Gasteiger partial charge in [-0.1, -0.05) is 0 Å². The van der Waals surface area contributed by atoms with Gasteiger partial charge < -0.3 is 20.5 Å². The molecule has 7 heteroatoms. The van der Waals surface area contributed by atoms with Gasteiger partial charge in [-0.05, 0) is 30.7 Å². The highest BCUT2D eigenvalue weighted by Crippen LogP contribution is 2.09. The van der Waals surface area contributed by atoms with Gasteiger partial charge in [-0.2, -0.15) is 0 Å². The average molecular weight is 294 g/mol. The third-order valence-electron chi connectivity index (χ3n) is 2.62. The van der Waals surface area contributed by atoms with E-state index in [1.807, 2.05) is 0 Å². The van der Waals surface area contributed by atoms with Gasteiger partial charge in [0.25, 0.3) is 5.91 Å². The van der Waals surface area contributed by atoms with Crippen LogP contribution in [0.15, 0.2) is 18.2 Å². The van der Waals surface area contributed by atoms with Crippen LogP contribution in [-0.2, 0) is 9.53 Å². The van der Waals surface area contributed by atoms with Crippen LogP contribution >= 0.6 is 0 Å². The molecule has 0 aliphatic carbocycles. The second kappa shape index (κ2) is 8.01. The van der Waals surface area contributed by atoms with Crippen molar-refractivity contribution in [1.82, 2.24) is 10.6 Å². The van der Waals surface area contributed by atoms with Gasteiger partial charge in [-0.15, -0.1) is 0 Å². The lowest BCUT2D eigenvalue weighted by Crippen LogP contribution is -2.38. The van der Waals surface area contributed by atoms with Crippen molar-refractivity contribution in [2.24, 2.45) is 0 Å². The Labute approximate surface area is 122 Å². The van der Waals surface area contributed by atoms with Crippen LogP contribution in [0.1, 0.15) is 26.3 Å². The van der Waals surface area contributed by atoms with E-state index in [-0.39, 0.29) is 23.6 Å². The van der Waals surface area contributed by atoms with E-state index >= 15 is 0 Å².